The highest BCUT2D eigenvalue weighted by Crippen LogP contribution is 2.33. The fraction of sp³-hybridized carbons (Fsp3) is 0.643. The van der Waals surface area contributed by atoms with Crippen molar-refractivity contribution in [2.24, 2.45) is 17.8 Å². The number of hydrogen-bond donors (Lipinski definition) is 0. The lowest BCUT2D eigenvalue weighted by Gasteiger charge is -2.42. The van der Waals surface area contributed by atoms with Gasteiger partial charge in [0, 0.05) is 26.2 Å². The minimum absolute atomic E-state index is 0.176. The van der Waals surface area contributed by atoms with E-state index >= 15 is 0 Å². The zero-order valence-corrected chi connectivity index (χ0v) is 22.9. The summed E-state index contributed by atoms with van der Waals surface area (Å²) in [6.07, 6.45) is 2.23. The van der Waals surface area contributed by atoms with Crippen molar-refractivity contribution in [2.75, 3.05) is 26.7 Å². The van der Waals surface area contributed by atoms with Gasteiger partial charge in [-0.15, -0.1) is 0 Å². The largest absolute Gasteiger partial charge is 0.469 e. The minimum Gasteiger partial charge on any atom is -0.469 e. The van der Waals surface area contributed by atoms with Crippen LogP contribution in [0.25, 0.3) is 11.0 Å². The zero-order valence-electron chi connectivity index (χ0n) is 22.9. The molecule has 2 aromatic rings. The number of aromatic nitrogens is 2. The molecular formula is C28H40N4O5. The maximum absolute atomic E-state index is 14.2. The van der Waals surface area contributed by atoms with Crippen LogP contribution in [0.1, 0.15) is 64.5 Å². The summed E-state index contributed by atoms with van der Waals surface area (Å²) in [6.45, 7) is 11.3. The van der Waals surface area contributed by atoms with E-state index in [-0.39, 0.29) is 31.0 Å². The summed E-state index contributed by atoms with van der Waals surface area (Å²) in [5, 5.41) is 0. The third-order valence-corrected chi connectivity index (χ3v) is 6.86. The van der Waals surface area contributed by atoms with E-state index < -0.39 is 23.6 Å². The van der Waals surface area contributed by atoms with Crippen LogP contribution in [0, 0.1) is 17.8 Å². The first-order valence-corrected chi connectivity index (χ1v) is 13.3. The molecule has 0 spiro atoms. The number of ether oxygens (including phenoxy) is 2. The Hall–Kier alpha value is -3.10. The summed E-state index contributed by atoms with van der Waals surface area (Å²) >= 11 is 0. The molecule has 2 heterocycles. The van der Waals surface area contributed by atoms with Gasteiger partial charge in [-0.1, -0.05) is 26.0 Å². The number of imidazole rings is 1. The number of carbonyl (C=O) groups is 3. The number of methoxy groups -OCH3 is 1. The predicted molar refractivity (Wildman–Crippen MR) is 140 cm³/mol. The Kier molecular flexibility index (Phi) is 7.80. The molecule has 1 saturated heterocycles. The van der Waals surface area contributed by atoms with Gasteiger partial charge in [-0.05, 0) is 64.0 Å². The number of nitrogens with zero attached hydrogens (tertiary/aromatic N) is 4. The van der Waals surface area contributed by atoms with Gasteiger partial charge in [0.15, 0.2) is 5.82 Å². The fourth-order valence-electron chi connectivity index (χ4n) is 5.01. The van der Waals surface area contributed by atoms with Crippen LogP contribution in [0.15, 0.2) is 24.3 Å². The van der Waals surface area contributed by atoms with E-state index in [9.17, 15) is 14.4 Å². The molecule has 1 aromatic carbocycles. The second-order valence-electron chi connectivity index (χ2n) is 11.8. The van der Waals surface area contributed by atoms with Crippen LogP contribution in [-0.4, -0.2) is 75.7 Å². The molecule has 0 radical (unpaired) electrons. The Morgan fingerprint density at radius 1 is 1.14 bits per heavy atom. The summed E-state index contributed by atoms with van der Waals surface area (Å²) in [5.74, 6) is 0.0330. The average Bonchev–Trinajstić information content (AvgIpc) is 3.59. The second kappa shape index (κ2) is 10.7. The normalized spacial score (nSPS) is 20.2. The molecular weight excluding hydrogens is 472 g/mol. The Morgan fingerprint density at radius 3 is 2.46 bits per heavy atom. The van der Waals surface area contributed by atoms with E-state index in [1.807, 2.05) is 49.9 Å². The lowest BCUT2D eigenvalue weighted by Crippen LogP contribution is -2.57. The zero-order chi connectivity index (χ0) is 26.9. The predicted octanol–water partition coefficient (Wildman–Crippen LogP) is 4.34. The summed E-state index contributed by atoms with van der Waals surface area (Å²) < 4.78 is 12.7. The van der Waals surface area contributed by atoms with E-state index in [0.717, 1.165) is 30.4 Å². The number of fused-ring (bicyclic) bond motifs is 1. The van der Waals surface area contributed by atoms with Gasteiger partial charge >= 0.3 is 12.1 Å². The van der Waals surface area contributed by atoms with E-state index in [0.29, 0.717) is 24.7 Å². The molecule has 9 nitrogen and oxygen atoms in total. The Morgan fingerprint density at radius 2 is 1.84 bits per heavy atom. The molecule has 1 aliphatic carbocycles. The molecule has 2 unspecified atom stereocenters. The highest BCUT2D eigenvalue weighted by molar-refractivity contribution is 5.95. The number of esters is 1. The van der Waals surface area contributed by atoms with Crippen LogP contribution in [0.4, 0.5) is 4.79 Å². The van der Waals surface area contributed by atoms with Crippen molar-refractivity contribution in [3.63, 3.8) is 0 Å². The Balaban J connectivity index is 1.69. The number of amides is 2. The van der Waals surface area contributed by atoms with E-state index in [2.05, 4.69) is 18.4 Å². The minimum atomic E-state index is -0.675. The van der Waals surface area contributed by atoms with Gasteiger partial charge in [0.25, 0.3) is 5.91 Å². The number of rotatable bonds is 7. The molecule has 0 bridgehead atoms. The van der Waals surface area contributed by atoms with Gasteiger partial charge in [0.1, 0.15) is 5.60 Å². The van der Waals surface area contributed by atoms with Crippen LogP contribution in [-0.2, 0) is 20.8 Å². The van der Waals surface area contributed by atoms with Gasteiger partial charge in [-0.3, -0.25) is 9.59 Å². The van der Waals surface area contributed by atoms with Gasteiger partial charge in [0.05, 0.1) is 30.1 Å². The number of hydrogen-bond acceptors (Lipinski definition) is 6. The standard InChI is InChI=1S/C28H40N4O5/c1-18(2)14-31(21-13-20(26(34)36-6)16-30(17-21)27(35)37-28(3,4)5)25(33)24-29-22-9-7-8-10-23(22)32(24)15-19-11-12-19/h7-10,18-21H,11-17H2,1-6H3. The van der Waals surface area contributed by atoms with Gasteiger partial charge in [0.2, 0.25) is 0 Å². The van der Waals surface area contributed by atoms with E-state index in [4.69, 9.17) is 14.5 Å². The average molecular weight is 513 g/mol. The third-order valence-electron chi connectivity index (χ3n) is 6.86. The Bertz CT molecular complexity index is 1150. The quantitative estimate of drug-likeness (QED) is 0.512. The molecule has 202 valence electrons. The maximum Gasteiger partial charge on any atom is 0.410 e. The SMILES string of the molecule is COC(=O)C1CC(N(CC(C)C)C(=O)c2nc3ccccc3n2CC2CC2)CN(C(=O)OC(C)(C)C)C1. The first-order chi connectivity index (χ1) is 17.5. The van der Waals surface area contributed by atoms with Crippen LogP contribution in [0.5, 0.6) is 0 Å². The Labute approximate surface area is 219 Å². The van der Waals surface area contributed by atoms with Crippen LogP contribution >= 0.6 is 0 Å². The summed E-state index contributed by atoms with van der Waals surface area (Å²) in [5.41, 5.74) is 1.07. The van der Waals surface area contributed by atoms with Crippen molar-refractivity contribution >= 4 is 29.0 Å². The van der Waals surface area contributed by atoms with Crippen LogP contribution in [0.3, 0.4) is 0 Å². The maximum atomic E-state index is 14.2. The smallest absolute Gasteiger partial charge is 0.410 e. The molecule has 2 amide bonds. The van der Waals surface area contributed by atoms with Crippen LogP contribution in [0.2, 0.25) is 0 Å². The second-order valence-corrected chi connectivity index (χ2v) is 11.8. The highest BCUT2D eigenvalue weighted by atomic mass is 16.6. The first kappa shape index (κ1) is 26.9. The summed E-state index contributed by atoms with van der Waals surface area (Å²) in [6, 6.07) is 7.45. The van der Waals surface area contributed by atoms with Crippen LogP contribution < -0.4 is 0 Å². The number of carbonyl (C=O) groups excluding carboxylic acids is 3. The topological polar surface area (TPSA) is 94.0 Å². The molecule has 0 N–H and O–H groups in total. The lowest BCUT2D eigenvalue weighted by atomic mass is 9.92. The molecule has 2 atom stereocenters. The van der Waals surface area contributed by atoms with Crippen molar-refractivity contribution in [2.45, 2.75) is 72.1 Å². The summed E-state index contributed by atoms with van der Waals surface area (Å²) in [7, 11) is 1.35. The molecule has 2 aliphatic rings. The lowest BCUT2D eigenvalue weighted by molar-refractivity contribution is -0.148. The van der Waals surface area contributed by atoms with Crippen molar-refractivity contribution in [1.29, 1.82) is 0 Å². The molecule has 4 rings (SSSR count). The molecule has 9 heteroatoms. The van der Waals surface area contributed by atoms with Gasteiger partial charge < -0.3 is 23.8 Å². The highest BCUT2D eigenvalue weighted by Gasteiger charge is 2.41. The number of likely N-dealkylation sites (tertiary alicyclic amines) is 1. The summed E-state index contributed by atoms with van der Waals surface area (Å²) in [4.78, 5) is 48.0. The monoisotopic (exact) mass is 512 g/mol. The van der Waals surface area contributed by atoms with Crippen molar-refractivity contribution in [1.82, 2.24) is 19.4 Å². The molecule has 37 heavy (non-hydrogen) atoms. The van der Waals surface area contributed by atoms with Gasteiger partial charge in [-0.2, -0.15) is 0 Å². The number of para-hydroxylation sites is 2. The van der Waals surface area contributed by atoms with Crippen molar-refractivity contribution in [3.8, 4) is 0 Å². The molecule has 1 saturated carbocycles. The first-order valence-electron chi connectivity index (χ1n) is 13.3. The van der Waals surface area contributed by atoms with E-state index in [1.54, 1.807) is 0 Å². The van der Waals surface area contributed by atoms with Crippen molar-refractivity contribution < 1.29 is 23.9 Å². The number of piperidine rings is 1. The third kappa shape index (κ3) is 6.43. The van der Waals surface area contributed by atoms with Crippen molar-refractivity contribution in [3.05, 3.63) is 30.1 Å². The number of benzene rings is 1. The van der Waals surface area contributed by atoms with E-state index in [1.165, 1.54) is 12.0 Å². The molecule has 2 fully saturated rings. The molecule has 1 aromatic heterocycles. The fourth-order valence-corrected chi connectivity index (χ4v) is 5.01. The van der Waals surface area contributed by atoms with Gasteiger partial charge in [-0.25, -0.2) is 9.78 Å². The molecule has 1 aliphatic heterocycles.